The van der Waals surface area contributed by atoms with Gasteiger partial charge in [-0.1, -0.05) is 0 Å². The van der Waals surface area contributed by atoms with E-state index in [2.05, 4.69) is 4.98 Å². The van der Waals surface area contributed by atoms with Crippen LogP contribution < -0.4 is 10.0 Å². The molecule has 1 atom stereocenters. The van der Waals surface area contributed by atoms with Crippen LogP contribution in [0.4, 0.5) is 14.6 Å². The Kier molecular flexibility index (Phi) is 3.24. The van der Waals surface area contributed by atoms with Crippen LogP contribution in [0.25, 0.3) is 0 Å². The summed E-state index contributed by atoms with van der Waals surface area (Å²) in [6.45, 7) is 2.03. The molecule has 1 unspecified atom stereocenters. The van der Waals surface area contributed by atoms with E-state index in [1.54, 1.807) is 6.92 Å². The van der Waals surface area contributed by atoms with E-state index in [1.807, 2.05) is 0 Å². The summed E-state index contributed by atoms with van der Waals surface area (Å²) in [6, 6.07) is 1.65. The van der Waals surface area contributed by atoms with E-state index in [9.17, 15) is 17.2 Å². The third kappa shape index (κ3) is 2.44. The lowest BCUT2D eigenvalue weighted by Gasteiger charge is -2.41. The predicted molar refractivity (Wildman–Crippen MR) is 62.1 cm³/mol. The second kappa shape index (κ2) is 4.43. The van der Waals surface area contributed by atoms with Gasteiger partial charge in [-0.3, -0.25) is 0 Å². The van der Waals surface area contributed by atoms with Crippen molar-refractivity contribution in [3.63, 3.8) is 0 Å². The van der Waals surface area contributed by atoms with Gasteiger partial charge >= 0.3 is 0 Å². The number of alkyl halides is 2. The second-order valence-corrected chi connectivity index (χ2v) is 5.79. The van der Waals surface area contributed by atoms with E-state index < -0.39 is 22.5 Å². The molecule has 2 heterocycles. The summed E-state index contributed by atoms with van der Waals surface area (Å²) in [5.74, 6) is 0.232. The van der Waals surface area contributed by atoms with Gasteiger partial charge in [-0.2, -0.15) is 0 Å². The molecule has 0 saturated carbocycles. The van der Waals surface area contributed by atoms with Crippen LogP contribution in [0.1, 0.15) is 12.1 Å². The maximum atomic E-state index is 12.6. The molecule has 1 aromatic rings. The number of aromatic nitrogens is 1. The number of sulfonamides is 1. The van der Waals surface area contributed by atoms with Crippen molar-refractivity contribution in [3.8, 4) is 0 Å². The summed E-state index contributed by atoms with van der Waals surface area (Å²) in [5, 5.41) is 5.03. The molecule has 0 amide bonds. The van der Waals surface area contributed by atoms with Crippen LogP contribution in [-0.4, -0.2) is 32.4 Å². The minimum absolute atomic E-state index is 0.107. The summed E-state index contributed by atoms with van der Waals surface area (Å²) in [6.07, 6.45) is -2.10. The van der Waals surface area contributed by atoms with Crippen LogP contribution in [0.5, 0.6) is 0 Å². The Balaban J connectivity index is 2.38. The van der Waals surface area contributed by atoms with Crippen LogP contribution >= 0.6 is 0 Å². The average Bonchev–Trinajstić information content (AvgIpc) is 2.12. The van der Waals surface area contributed by atoms with Crippen LogP contribution in [0, 0.1) is 6.92 Å². The van der Waals surface area contributed by atoms with E-state index in [1.165, 1.54) is 17.0 Å². The largest absolute Gasteiger partial charge is 0.348 e. The van der Waals surface area contributed by atoms with Crippen LogP contribution in [0.3, 0.4) is 0 Å². The summed E-state index contributed by atoms with van der Waals surface area (Å²) >= 11 is 0. The first-order valence-electron chi connectivity index (χ1n) is 5.35. The molecular weight excluding hydrogens is 264 g/mol. The Morgan fingerprint density at radius 2 is 2.17 bits per heavy atom. The molecule has 1 aromatic heterocycles. The van der Waals surface area contributed by atoms with Crippen LogP contribution in [0.15, 0.2) is 17.0 Å². The maximum absolute atomic E-state index is 12.6. The third-order valence-corrected chi connectivity index (χ3v) is 3.79. The first kappa shape index (κ1) is 13.2. The van der Waals surface area contributed by atoms with Gasteiger partial charge in [-0.05, 0) is 19.4 Å². The lowest BCUT2D eigenvalue weighted by molar-refractivity contribution is 0.0871. The quantitative estimate of drug-likeness (QED) is 0.890. The number of pyridine rings is 1. The summed E-state index contributed by atoms with van der Waals surface area (Å²) < 4.78 is 47.8. The fourth-order valence-electron chi connectivity index (χ4n) is 1.89. The van der Waals surface area contributed by atoms with Gasteiger partial charge in [-0.25, -0.2) is 27.3 Å². The number of nitrogens with two attached hydrogens (primary N) is 1. The topological polar surface area (TPSA) is 76.3 Å². The van der Waals surface area contributed by atoms with Crippen LogP contribution in [-0.2, 0) is 10.0 Å². The van der Waals surface area contributed by atoms with Crippen molar-refractivity contribution in [2.24, 2.45) is 5.14 Å². The molecule has 1 saturated heterocycles. The van der Waals surface area contributed by atoms with Gasteiger partial charge in [-0.15, -0.1) is 0 Å². The second-order valence-electron chi connectivity index (χ2n) is 4.23. The van der Waals surface area contributed by atoms with Crippen LogP contribution in [0.2, 0.25) is 0 Å². The molecule has 18 heavy (non-hydrogen) atoms. The summed E-state index contributed by atoms with van der Waals surface area (Å²) in [4.78, 5) is 5.36. The molecule has 1 aliphatic heterocycles. The summed E-state index contributed by atoms with van der Waals surface area (Å²) in [7, 11) is -3.86. The highest BCUT2D eigenvalue weighted by Gasteiger charge is 2.36. The van der Waals surface area contributed by atoms with Gasteiger partial charge in [0.2, 0.25) is 10.0 Å². The Labute approximate surface area is 104 Å². The molecule has 0 aliphatic carbocycles. The first-order chi connectivity index (χ1) is 8.29. The summed E-state index contributed by atoms with van der Waals surface area (Å²) in [5.41, 5.74) is 0.427. The molecule has 0 aromatic carbocycles. The average molecular weight is 277 g/mol. The predicted octanol–water partition coefficient (Wildman–Crippen LogP) is 0.881. The molecule has 2 N–H and O–H groups in total. The van der Waals surface area contributed by atoms with Gasteiger partial charge in [0.1, 0.15) is 5.82 Å². The SMILES string of the molecule is Cc1cc(S(N)(=O)=O)cc(N2CCC2C(F)F)n1. The normalized spacial score (nSPS) is 20.1. The standard InChI is InChI=1S/C10H13F2N3O2S/c1-6-4-7(18(13,16)17)5-9(14-6)15-3-2-8(15)10(11)12/h4-5,8,10H,2-3H2,1H3,(H2,13,16,17). The Hall–Kier alpha value is -1.28. The lowest BCUT2D eigenvalue weighted by atomic mass is 10.0. The number of nitrogens with zero attached hydrogens (tertiary/aromatic N) is 2. The molecule has 8 heteroatoms. The monoisotopic (exact) mass is 277 g/mol. The molecule has 1 fully saturated rings. The number of hydrogen-bond donors (Lipinski definition) is 1. The van der Waals surface area contributed by atoms with E-state index in [0.717, 1.165) is 0 Å². The lowest BCUT2D eigenvalue weighted by Crippen LogP contribution is -2.52. The molecular formula is C10H13F2N3O2S. The van der Waals surface area contributed by atoms with E-state index in [-0.39, 0.29) is 10.7 Å². The van der Waals surface area contributed by atoms with E-state index in [4.69, 9.17) is 5.14 Å². The number of halogens is 2. The fraction of sp³-hybridized carbons (Fsp3) is 0.500. The fourth-order valence-corrected chi connectivity index (χ4v) is 2.49. The van der Waals surface area contributed by atoms with E-state index >= 15 is 0 Å². The Morgan fingerprint density at radius 1 is 1.50 bits per heavy atom. The highest BCUT2D eigenvalue weighted by molar-refractivity contribution is 7.89. The molecule has 0 spiro atoms. The van der Waals surface area contributed by atoms with Gasteiger partial charge in [0.25, 0.3) is 6.43 Å². The molecule has 0 bridgehead atoms. The number of primary sulfonamides is 1. The molecule has 0 radical (unpaired) electrons. The van der Waals surface area contributed by atoms with Crippen molar-refractivity contribution in [2.75, 3.05) is 11.4 Å². The van der Waals surface area contributed by atoms with Crippen molar-refractivity contribution in [1.29, 1.82) is 0 Å². The van der Waals surface area contributed by atoms with Crippen molar-refractivity contribution in [1.82, 2.24) is 4.98 Å². The zero-order chi connectivity index (χ0) is 13.5. The molecule has 1 aliphatic rings. The van der Waals surface area contributed by atoms with Crippen molar-refractivity contribution < 1.29 is 17.2 Å². The number of aryl methyl sites for hydroxylation is 1. The van der Waals surface area contributed by atoms with Gasteiger partial charge in [0.05, 0.1) is 10.9 Å². The first-order valence-corrected chi connectivity index (χ1v) is 6.90. The molecule has 5 nitrogen and oxygen atoms in total. The Morgan fingerprint density at radius 3 is 2.61 bits per heavy atom. The maximum Gasteiger partial charge on any atom is 0.258 e. The van der Waals surface area contributed by atoms with Crippen molar-refractivity contribution in [3.05, 3.63) is 17.8 Å². The smallest absolute Gasteiger partial charge is 0.258 e. The highest BCUT2D eigenvalue weighted by Crippen LogP contribution is 2.30. The van der Waals surface area contributed by atoms with E-state index in [0.29, 0.717) is 18.7 Å². The Bertz CT molecular complexity index is 562. The minimum atomic E-state index is -3.86. The number of hydrogen-bond acceptors (Lipinski definition) is 4. The third-order valence-electron chi connectivity index (χ3n) is 2.89. The number of anilines is 1. The van der Waals surface area contributed by atoms with Gasteiger partial charge < -0.3 is 4.90 Å². The van der Waals surface area contributed by atoms with Crippen molar-refractivity contribution in [2.45, 2.75) is 30.7 Å². The zero-order valence-electron chi connectivity index (χ0n) is 9.68. The highest BCUT2D eigenvalue weighted by atomic mass is 32.2. The molecule has 100 valence electrons. The van der Waals surface area contributed by atoms with Gasteiger partial charge in [0.15, 0.2) is 0 Å². The van der Waals surface area contributed by atoms with Gasteiger partial charge in [0, 0.05) is 18.3 Å². The minimum Gasteiger partial charge on any atom is -0.348 e. The zero-order valence-corrected chi connectivity index (χ0v) is 10.5. The number of rotatable bonds is 3. The van der Waals surface area contributed by atoms with Crippen molar-refractivity contribution >= 4 is 15.8 Å². The molecule has 2 rings (SSSR count).